The van der Waals surface area contributed by atoms with Crippen LogP contribution in [0.15, 0.2) is 30.3 Å². The van der Waals surface area contributed by atoms with E-state index in [0.29, 0.717) is 0 Å². The summed E-state index contributed by atoms with van der Waals surface area (Å²) in [5, 5.41) is 1.04. The summed E-state index contributed by atoms with van der Waals surface area (Å²) in [6, 6.07) is 10.2. The van der Waals surface area contributed by atoms with Gasteiger partial charge in [-0.2, -0.15) is 9.36 Å². The maximum atomic E-state index is 4.64. The molecule has 2 heterocycles. The zero-order chi connectivity index (χ0) is 12.4. The first-order valence-corrected chi connectivity index (χ1v) is 6.93. The van der Waals surface area contributed by atoms with Crippen LogP contribution in [0.4, 0.5) is 5.13 Å². The number of aromatic nitrogens is 2. The van der Waals surface area contributed by atoms with Gasteiger partial charge >= 0.3 is 0 Å². The maximum absolute atomic E-state index is 4.64. The van der Waals surface area contributed by atoms with E-state index in [0.717, 1.165) is 42.7 Å². The molecule has 1 aromatic heterocycles. The summed E-state index contributed by atoms with van der Waals surface area (Å²) < 4.78 is 4.46. The van der Waals surface area contributed by atoms with Crippen molar-refractivity contribution in [2.75, 3.05) is 38.1 Å². The predicted octanol–water partition coefficient (Wildman–Crippen LogP) is 1.96. The maximum Gasteiger partial charge on any atom is 0.205 e. The summed E-state index contributed by atoms with van der Waals surface area (Å²) in [5.41, 5.74) is 1.09. The molecule has 0 saturated carbocycles. The molecular weight excluding hydrogens is 244 g/mol. The molecule has 1 aromatic carbocycles. The molecule has 4 nitrogen and oxygen atoms in total. The van der Waals surface area contributed by atoms with Gasteiger partial charge in [0, 0.05) is 43.3 Å². The quantitative estimate of drug-likeness (QED) is 0.826. The molecule has 3 rings (SSSR count). The first-order chi connectivity index (χ1) is 8.83. The van der Waals surface area contributed by atoms with Crippen LogP contribution in [0.2, 0.25) is 0 Å². The van der Waals surface area contributed by atoms with Gasteiger partial charge < -0.3 is 9.80 Å². The molecule has 0 amide bonds. The second-order valence-electron chi connectivity index (χ2n) is 4.56. The highest BCUT2D eigenvalue weighted by molar-refractivity contribution is 7.09. The van der Waals surface area contributed by atoms with Crippen molar-refractivity contribution >= 4 is 16.7 Å². The van der Waals surface area contributed by atoms with Gasteiger partial charge in [0.1, 0.15) is 0 Å². The molecule has 1 aliphatic rings. The number of anilines is 1. The average molecular weight is 260 g/mol. The van der Waals surface area contributed by atoms with E-state index in [-0.39, 0.29) is 0 Å². The molecule has 1 fully saturated rings. The van der Waals surface area contributed by atoms with Gasteiger partial charge in [-0.25, -0.2) is 0 Å². The number of likely N-dealkylation sites (N-methyl/N-ethyl adjacent to an activating group) is 1. The molecule has 1 aliphatic heterocycles. The van der Waals surface area contributed by atoms with Crippen LogP contribution in [0.1, 0.15) is 0 Å². The van der Waals surface area contributed by atoms with Crippen LogP contribution in [-0.2, 0) is 0 Å². The number of hydrogen-bond donors (Lipinski definition) is 0. The average Bonchev–Trinajstić information content (AvgIpc) is 2.90. The molecule has 1 saturated heterocycles. The van der Waals surface area contributed by atoms with Gasteiger partial charge in [-0.3, -0.25) is 0 Å². The standard InChI is InChI=1S/C13H16N4S/c1-16-7-9-17(10-8-16)13-14-12(15-18-13)11-5-3-2-4-6-11/h2-6H,7-10H2,1H3. The monoisotopic (exact) mass is 260 g/mol. The molecular formula is C13H16N4S. The lowest BCUT2D eigenvalue weighted by Crippen LogP contribution is -2.44. The van der Waals surface area contributed by atoms with Crippen LogP contribution in [0, 0.1) is 0 Å². The Morgan fingerprint density at radius 2 is 1.78 bits per heavy atom. The Kier molecular flexibility index (Phi) is 3.25. The first-order valence-electron chi connectivity index (χ1n) is 6.15. The van der Waals surface area contributed by atoms with E-state index in [1.807, 2.05) is 18.2 Å². The van der Waals surface area contributed by atoms with Gasteiger partial charge in [-0.05, 0) is 7.05 Å². The lowest BCUT2D eigenvalue weighted by molar-refractivity contribution is 0.313. The molecule has 0 radical (unpaired) electrons. The van der Waals surface area contributed by atoms with E-state index in [2.05, 4.69) is 38.3 Å². The fraction of sp³-hybridized carbons (Fsp3) is 0.385. The molecule has 0 aliphatic carbocycles. The van der Waals surface area contributed by atoms with E-state index in [4.69, 9.17) is 0 Å². The van der Waals surface area contributed by atoms with E-state index in [9.17, 15) is 0 Å². The van der Waals surface area contributed by atoms with Gasteiger partial charge in [-0.15, -0.1) is 0 Å². The zero-order valence-electron chi connectivity index (χ0n) is 10.4. The van der Waals surface area contributed by atoms with Crippen molar-refractivity contribution in [2.45, 2.75) is 0 Å². The topological polar surface area (TPSA) is 32.3 Å². The fourth-order valence-electron chi connectivity index (χ4n) is 2.05. The van der Waals surface area contributed by atoms with Crippen LogP contribution in [-0.4, -0.2) is 47.5 Å². The number of hydrogen-bond acceptors (Lipinski definition) is 5. The molecule has 0 spiro atoms. The van der Waals surface area contributed by atoms with E-state index in [1.165, 1.54) is 11.5 Å². The highest BCUT2D eigenvalue weighted by atomic mass is 32.1. The number of piperazine rings is 1. The Morgan fingerprint density at radius 3 is 2.50 bits per heavy atom. The van der Waals surface area contributed by atoms with Gasteiger partial charge in [0.2, 0.25) is 5.13 Å². The predicted molar refractivity (Wildman–Crippen MR) is 75.1 cm³/mol. The molecule has 0 atom stereocenters. The van der Waals surface area contributed by atoms with Gasteiger partial charge in [0.15, 0.2) is 5.82 Å². The second-order valence-corrected chi connectivity index (χ2v) is 5.29. The van der Waals surface area contributed by atoms with E-state index in [1.54, 1.807) is 0 Å². The van der Waals surface area contributed by atoms with Crippen LogP contribution in [0.25, 0.3) is 11.4 Å². The second kappa shape index (κ2) is 5.04. The Morgan fingerprint density at radius 1 is 1.06 bits per heavy atom. The number of nitrogens with zero attached hydrogens (tertiary/aromatic N) is 4. The summed E-state index contributed by atoms with van der Waals surface area (Å²) in [7, 11) is 2.16. The molecule has 0 bridgehead atoms. The SMILES string of the molecule is CN1CCN(c2nc(-c3ccccc3)ns2)CC1. The van der Waals surface area contributed by atoms with E-state index < -0.39 is 0 Å². The summed E-state index contributed by atoms with van der Waals surface area (Å²) in [6.07, 6.45) is 0. The van der Waals surface area contributed by atoms with Crippen molar-refractivity contribution in [1.82, 2.24) is 14.3 Å². The van der Waals surface area contributed by atoms with Crippen molar-refractivity contribution < 1.29 is 0 Å². The third kappa shape index (κ3) is 2.37. The Labute approximate surface area is 111 Å². The minimum Gasteiger partial charge on any atom is -0.344 e. The molecule has 5 heteroatoms. The van der Waals surface area contributed by atoms with Crippen molar-refractivity contribution in [3.8, 4) is 11.4 Å². The Balaban J connectivity index is 1.78. The molecule has 94 valence electrons. The van der Waals surface area contributed by atoms with Crippen molar-refractivity contribution in [2.24, 2.45) is 0 Å². The first kappa shape index (κ1) is 11.6. The number of rotatable bonds is 2. The van der Waals surface area contributed by atoms with Crippen LogP contribution in [0.5, 0.6) is 0 Å². The molecule has 18 heavy (non-hydrogen) atoms. The fourth-order valence-corrected chi connectivity index (χ4v) is 2.79. The lowest BCUT2D eigenvalue weighted by atomic mass is 10.2. The van der Waals surface area contributed by atoms with Crippen molar-refractivity contribution in [3.63, 3.8) is 0 Å². The van der Waals surface area contributed by atoms with Crippen LogP contribution >= 0.6 is 11.5 Å². The minimum atomic E-state index is 0.842. The van der Waals surface area contributed by atoms with Gasteiger partial charge in [-0.1, -0.05) is 30.3 Å². The highest BCUT2D eigenvalue weighted by Crippen LogP contribution is 2.24. The van der Waals surface area contributed by atoms with E-state index >= 15 is 0 Å². The molecule has 0 N–H and O–H groups in total. The highest BCUT2D eigenvalue weighted by Gasteiger charge is 2.18. The summed E-state index contributed by atoms with van der Waals surface area (Å²) in [4.78, 5) is 9.31. The number of benzene rings is 1. The van der Waals surface area contributed by atoms with Gasteiger partial charge in [0.25, 0.3) is 0 Å². The molecule has 0 unspecified atom stereocenters. The minimum absolute atomic E-state index is 0.842. The summed E-state index contributed by atoms with van der Waals surface area (Å²) in [5.74, 6) is 0.842. The molecule has 2 aromatic rings. The normalized spacial score (nSPS) is 17.1. The summed E-state index contributed by atoms with van der Waals surface area (Å²) in [6.45, 7) is 4.28. The van der Waals surface area contributed by atoms with Gasteiger partial charge in [0.05, 0.1) is 0 Å². The van der Waals surface area contributed by atoms with Crippen molar-refractivity contribution in [1.29, 1.82) is 0 Å². The smallest absolute Gasteiger partial charge is 0.205 e. The lowest BCUT2D eigenvalue weighted by Gasteiger charge is -2.31. The van der Waals surface area contributed by atoms with Crippen molar-refractivity contribution in [3.05, 3.63) is 30.3 Å². The largest absolute Gasteiger partial charge is 0.344 e. The van der Waals surface area contributed by atoms with Crippen LogP contribution in [0.3, 0.4) is 0 Å². The Bertz CT molecular complexity index is 503. The zero-order valence-corrected chi connectivity index (χ0v) is 11.2. The van der Waals surface area contributed by atoms with Crippen LogP contribution < -0.4 is 4.90 Å². The Hall–Kier alpha value is -1.46. The third-order valence-corrected chi connectivity index (χ3v) is 4.00. The third-order valence-electron chi connectivity index (χ3n) is 3.22. The summed E-state index contributed by atoms with van der Waals surface area (Å²) >= 11 is 1.50.